The molecule has 4 rings (SSSR count). The van der Waals surface area contributed by atoms with Gasteiger partial charge in [-0.2, -0.15) is 0 Å². The van der Waals surface area contributed by atoms with Crippen LogP contribution in [0.25, 0.3) is 0 Å². The molecule has 2 heterocycles. The molecule has 0 radical (unpaired) electrons. The summed E-state index contributed by atoms with van der Waals surface area (Å²) in [5, 5.41) is 0. The van der Waals surface area contributed by atoms with Gasteiger partial charge < -0.3 is 4.90 Å². The van der Waals surface area contributed by atoms with Gasteiger partial charge in [0.15, 0.2) is 0 Å². The van der Waals surface area contributed by atoms with Gasteiger partial charge in [0.1, 0.15) is 0 Å². The van der Waals surface area contributed by atoms with Gasteiger partial charge in [-0.05, 0) is 104 Å². The van der Waals surface area contributed by atoms with Crippen LogP contribution in [0.5, 0.6) is 0 Å². The smallest absolute Gasteiger partial charge is 0.0403 e. The molecule has 0 N–H and O–H groups in total. The molecule has 2 fully saturated rings. The first-order valence-electron chi connectivity index (χ1n) is 11.8. The molecule has 0 amide bonds. The first-order chi connectivity index (χ1) is 13.2. The highest BCUT2D eigenvalue weighted by Gasteiger charge is 2.37. The number of aryl methyl sites for hydroxylation is 1. The number of nitrogens with zero attached hydrogens (tertiary/aromatic N) is 2. The molecule has 28 heavy (non-hydrogen) atoms. The fourth-order valence-electron chi connectivity index (χ4n) is 5.69. The van der Waals surface area contributed by atoms with E-state index in [9.17, 15) is 0 Å². The van der Waals surface area contributed by atoms with Crippen molar-refractivity contribution in [2.24, 2.45) is 5.92 Å². The lowest BCUT2D eigenvalue weighted by Crippen LogP contribution is -2.54. The van der Waals surface area contributed by atoms with Crippen molar-refractivity contribution in [3.63, 3.8) is 0 Å². The predicted molar refractivity (Wildman–Crippen MR) is 123 cm³/mol. The summed E-state index contributed by atoms with van der Waals surface area (Å²) in [4.78, 5) is 5.30. The summed E-state index contributed by atoms with van der Waals surface area (Å²) in [5.74, 6) is 1.02. The molecule has 2 heteroatoms. The van der Waals surface area contributed by atoms with E-state index in [4.69, 9.17) is 0 Å². The van der Waals surface area contributed by atoms with E-state index in [0.29, 0.717) is 5.54 Å². The normalized spacial score (nSPS) is 26.0. The van der Waals surface area contributed by atoms with Gasteiger partial charge in [0.2, 0.25) is 0 Å². The molecule has 1 saturated carbocycles. The SMILES string of the molecule is CC(C)(C)N1CCCC2CCCCC21.CC(C)(C)N1CCCc2ccccc21. The summed E-state index contributed by atoms with van der Waals surface area (Å²) in [6, 6.07) is 9.71. The number of hydrogen-bond donors (Lipinski definition) is 0. The number of piperidine rings is 1. The number of benzene rings is 1. The molecule has 1 saturated heterocycles. The molecule has 1 aromatic rings. The second-order valence-electron chi connectivity index (χ2n) is 11.2. The van der Waals surface area contributed by atoms with Gasteiger partial charge in [-0.15, -0.1) is 0 Å². The number of fused-ring (bicyclic) bond motifs is 2. The Bertz CT molecular complexity index is 620. The third-order valence-electron chi connectivity index (χ3n) is 7.02. The zero-order chi connectivity index (χ0) is 20.4. The third kappa shape index (κ3) is 5.12. The standard InChI is InChI=1S/C13H25N.C13H19N/c2*1-13(2,3)14-10-6-8-11-7-4-5-9-12(11)14/h11-12H,4-10H2,1-3H3;4-5,7,9H,6,8,10H2,1-3H3. The Morgan fingerprint density at radius 3 is 2.14 bits per heavy atom. The lowest BCUT2D eigenvalue weighted by molar-refractivity contribution is -0.00454. The van der Waals surface area contributed by atoms with E-state index in [0.717, 1.165) is 12.0 Å². The minimum Gasteiger partial charge on any atom is -0.366 e. The molecule has 158 valence electrons. The zero-order valence-corrected chi connectivity index (χ0v) is 19.4. The monoisotopic (exact) mass is 384 g/mol. The van der Waals surface area contributed by atoms with Gasteiger partial charge in [-0.3, -0.25) is 4.90 Å². The maximum atomic E-state index is 2.78. The summed E-state index contributed by atoms with van der Waals surface area (Å²) in [7, 11) is 0. The fourth-order valence-corrected chi connectivity index (χ4v) is 5.69. The maximum absolute atomic E-state index is 2.78. The van der Waals surface area contributed by atoms with Crippen LogP contribution >= 0.6 is 0 Å². The van der Waals surface area contributed by atoms with Crippen molar-refractivity contribution in [1.29, 1.82) is 0 Å². The first-order valence-corrected chi connectivity index (χ1v) is 11.8. The second-order valence-corrected chi connectivity index (χ2v) is 11.2. The Morgan fingerprint density at radius 1 is 0.750 bits per heavy atom. The van der Waals surface area contributed by atoms with Crippen LogP contribution in [0.4, 0.5) is 5.69 Å². The van der Waals surface area contributed by atoms with Crippen molar-refractivity contribution in [2.75, 3.05) is 18.0 Å². The first kappa shape index (κ1) is 21.7. The van der Waals surface area contributed by atoms with Crippen LogP contribution < -0.4 is 4.90 Å². The largest absolute Gasteiger partial charge is 0.366 e. The summed E-state index contributed by atoms with van der Waals surface area (Å²) < 4.78 is 0. The van der Waals surface area contributed by atoms with E-state index < -0.39 is 0 Å². The summed E-state index contributed by atoms with van der Waals surface area (Å²) in [6.45, 7) is 16.5. The molecule has 1 aliphatic carbocycles. The molecular formula is C26H44N2. The lowest BCUT2D eigenvalue weighted by atomic mass is 9.76. The molecule has 2 unspecified atom stereocenters. The molecule has 1 aromatic carbocycles. The van der Waals surface area contributed by atoms with E-state index in [-0.39, 0.29) is 5.54 Å². The van der Waals surface area contributed by atoms with Gasteiger partial charge >= 0.3 is 0 Å². The summed E-state index contributed by atoms with van der Waals surface area (Å²) >= 11 is 0. The van der Waals surface area contributed by atoms with Crippen LogP contribution in [-0.2, 0) is 6.42 Å². The zero-order valence-electron chi connectivity index (χ0n) is 19.4. The van der Waals surface area contributed by atoms with Gasteiger partial charge in [0.05, 0.1) is 0 Å². The van der Waals surface area contributed by atoms with Crippen molar-refractivity contribution in [1.82, 2.24) is 4.90 Å². The average Bonchev–Trinajstić information content (AvgIpc) is 2.66. The number of para-hydroxylation sites is 1. The van der Waals surface area contributed by atoms with Gasteiger partial charge in [0, 0.05) is 29.4 Å². The number of anilines is 1. The van der Waals surface area contributed by atoms with Crippen molar-refractivity contribution >= 4 is 5.69 Å². The highest BCUT2D eigenvalue weighted by molar-refractivity contribution is 5.57. The Kier molecular flexibility index (Phi) is 6.80. The van der Waals surface area contributed by atoms with Gasteiger partial charge in [-0.1, -0.05) is 31.0 Å². The van der Waals surface area contributed by atoms with Crippen LogP contribution in [0.15, 0.2) is 24.3 Å². The molecule has 0 bridgehead atoms. The van der Waals surface area contributed by atoms with Crippen molar-refractivity contribution in [2.45, 2.75) is 110 Å². The van der Waals surface area contributed by atoms with Crippen molar-refractivity contribution in [3.05, 3.63) is 29.8 Å². The number of rotatable bonds is 0. The van der Waals surface area contributed by atoms with Crippen molar-refractivity contribution < 1.29 is 0 Å². The highest BCUT2D eigenvalue weighted by Crippen LogP contribution is 2.38. The van der Waals surface area contributed by atoms with Crippen LogP contribution in [0, 0.1) is 5.92 Å². The lowest BCUT2D eigenvalue weighted by Gasteiger charge is -2.50. The number of likely N-dealkylation sites (tertiary alicyclic amines) is 1. The summed E-state index contributed by atoms with van der Waals surface area (Å²) in [5.41, 5.74) is 3.58. The van der Waals surface area contributed by atoms with Crippen LogP contribution in [0.3, 0.4) is 0 Å². The third-order valence-corrected chi connectivity index (χ3v) is 7.02. The molecule has 0 spiro atoms. The fraction of sp³-hybridized carbons (Fsp3) is 0.769. The second kappa shape index (κ2) is 8.78. The van der Waals surface area contributed by atoms with E-state index in [1.54, 1.807) is 0 Å². The Hall–Kier alpha value is -1.02. The van der Waals surface area contributed by atoms with E-state index in [1.165, 1.54) is 75.7 Å². The average molecular weight is 385 g/mol. The van der Waals surface area contributed by atoms with Crippen LogP contribution in [-0.4, -0.2) is 35.1 Å². The van der Waals surface area contributed by atoms with Crippen LogP contribution in [0.1, 0.15) is 92.1 Å². The molecular weight excluding hydrogens is 340 g/mol. The minimum atomic E-state index is 0.247. The molecule has 3 aliphatic rings. The van der Waals surface area contributed by atoms with E-state index >= 15 is 0 Å². The molecule has 2 aliphatic heterocycles. The van der Waals surface area contributed by atoms with Gasteiger partial charge in [0.25, 0.3) is 0 Å². The quantitative estimate of drug-likeness (QED) is 0.492. The highest BCUT2D eigenvalue weighted by atomic mass is 15.2. The number of hydrogen-bond acceptors (Lipinski definition) is 2. The molecule has 0 aromatic heterocycles. The Morgan fingerprint density at radius 2 is 1.43 bits per heavy atom. The Labute approximate surface area is 174 Å². The van der Waals surface area contributed by atoms with Crippen LogP contribution in [0.2, 0.25) is 0 Å². The minimum absolute atomic E-state index is 0.247. The van der Waals surface area contributed by atoms with Crippen molar-refractivity contribution in [3.8, 4) is 0 Å². The topological polar surface area (TPSA) is 6.48 Å². The Balaban J connectivity index is 0.000000161. The van der Waals surface area contributed by atoms with E-state index in [1.807, 2.05) is 0 Å². The molecule has 2 atom stereocenters. The van der Waals surface area contributed by atoms with Gasteiger partial charge in [-0.25, -0.2) is 0 Å². The van der Waals surface area contributed by atoms with E-state index in [2.05, 4.69) is 75.6 Å². The maximum Gasteiger partial charge on any atom is 0.0403 e. The summed E-state index contributed by atoms with van der Waals surface area (Å²) in [6.07, 6.45) is 11.4. The molecule has 2 nitrogen and oxygen atoms in total. The predicted octanol–water partition coefficient (Wildman–Crippen LogP) is 6.68.